The molecule has 0 spiro atoms. The Bertz CT molecular complexity index is 603. The van der Waals surface area contributed by atoms with Gasteiger partial charge in [0, 0.05) is 17.9 Å². The zero-order chi connectivity index (χ0) is 16.7. The third-order valence-electron chi connectivity index (χ3n) is 3.99. The molecule has 0 aromatic carbocycles. The van der Waals surface area contributed by atoms with Gasteiger partial charge in [-0.3, -0.25) is 4.79 Å². The molecule has 23 heavy (non-hydrogen) atoms. The van der Waals surface area contributed by atoms with Gasteiger partial charge in [-0.15, -0.1) is 0 Å². The van der Waals surface area contributed by atoms with Crippen LogP contribution < -0.4 is 0 Å². The maximum atomic E-state index is 11.6. The van der Waals surface area contributed by atoms with Gasteiger partial charge in [0.05, 0.1) is 19.4 Å². The molecule has 0 unspecified atom stereocenters. The van der Waals surface area contributed by atoms with Crippen LogP contribution in [-0.2, 0) is 9.53 Å². The van der Waals surface area contributed by atoms with Gasteiger partial charge < -0.3 is 14.3 Å². The van der Waals surface area contributed by atoms with Gasteiger partial charge in [0.2, 0.25) is 5.78 Å². The average molecular weight is 318 g/mol. The van der Waals surface area contributed by atoms with E-state index in [4.69, 9.17) is 9.52 Å². The molecule has 2 aliphatic rings. The van der Waals surface area contributed by atoms with Gasteiger partial charge in [0.15, 0.2) is 5.76 Å². The van der Waals surface area contributed by atoms with Crippen molar-refractivity contribution in [3.63, 3.8) is 0 Å². The molecule has 1 aromatic rings. The second kappa shape index (κ2) is 8.36. The third kappa shape index (κ3) is 4.84. The molecule has 5 heteroatoms. The quantitative estimate of drug-likeness (QED) is 0.669. The molecule has 0 radical (unpaired) electrons. The van der Waals surface area contributed by atoms with Crippen molar-refractivity contribution in [2.45, 2.75) is 44.4 Å². The second-order valence-electron chi connectivity index (χ2n) is 5.67. The minimum absolute atomic E-state index is 0.125. The van der Waals surface area contributed by atoms with E-state index in [2.05, 4.69) is 10.8 Å². The maximum absolute atomic E-state index is 11.6. The largest absolute Gasteiger partial charge is 0.504 e. The summed E-state index contributed by atoms with van der Waals surface area (Å²) in [5, 5.41) is 7.88. The Morgan fingerprint density at radius 2 is 2.09 bits per heavy atom. The second-order valence-corrected chi connectivity index (χ2v) is 5.67. The zero-order valence-electron chi connectivity index (χ0n) is 13.3. The molecule has 1 aromatic heterocycles. The van der Waals surface area contributed by atoms with Crippen molar-refractivity contribution >= 4 is 17.8 Å². The topological polar surface area (TPSA) is 76.7 Å². The minimum atomic E-state index is -0.998. The van der Waals surface area contributed by atoms with Gasteiger partial charge in [-0.05, 0) is 18.9 Å². The number of Topliss-reactive ketones (excluding diaryl/α,β-unsaturated/α-hetero) is 1. The molecule has 1 N–H and O–H groups in total. The van der Waals surface area contributed by atoms with E-state index < -0.39 is 5.97 Å². The summed E-state index contributed by atoms with van der Waals surface area (Å²) < 4.78 is 10.0. The van der Waals surface area contributed by atoms with Crippen molar-refractivity contribution in [1.82, 2.24) is 0 Å². The lowest BCUT2D eigenvalue weighted by Crippen LogP contribution is -2.03. The monoisotopic (exact) mass is 318 g/mol. The van der Waals surface area contributed by atoms with Crippen LogP contribution in [0.5, 0.6) is 0 Å². The highest BCUT2D eigenvalue weighted by Crippen LogP contribution is 2.36. The van der Waals surface area contributed by atoms with Crippen molar-refractivity contribution in [2.75, 3.05) is 7.11 Å². The van der Waals surface area contributed by atoms with Gasteiger partial charge in [-0.25, -0.2) is 4.79 Å². The summed E-state index contributed by atoms with van der Waals surface area (Å²) in [6, 6.07) is 2.07. The molecule has 0 aliphatic heterocycles. The van der Waals surface area contributed by atoms with Crippen LogP contribution in [0.1, 0.15) is 66.3 Å². The Labute approximate surface area is 135 Å². The molecule has 1 saturated carbocycles. The number of aliphatic carboxylic acids is 1. The van der Waals surface area contributed by atoms with E-state index in [9.17, 15) is 9.59 Å². The number of hydrogen-bond donors (Lipinski definition) is 1. The van der Waals surface area contributed by atoms with Crippen LogP contribution in [0.15, 0.2) is 28.9 Å². The van der Waals surface area contributed by atoms with Crippen molar-refractivity contribution in [1.29, 1.82) is 0 Å². The van der Waals surface area contributed by atoms with Gasteiger partial charge in [0.25, 0.3) is 0 Å². The number of ketones is 1. The summed E-state index contributed by atoms with van der Waals surface area (Å²) in [6.07, 6.45) is 12.8. The van der Waals surface area contributed by atoms with Crippen LogP contribution in [0.4, 0.5) is 0 Å². The predicted molar refractivity (Wildman–Crippen MR) is 86.3 cm³/mol. The zero-order valence-corrected chi connectivity index (χ0v) is 13.3. The van der Waals surface area contributed by atoms with E-state index in [0.717, 1.165) is 23.7 Å². The number of hydrogen-bond acceptors (Lipinski definition) is 4. The van der Waals surface area contributed by atoms with Crippen molar-refractivity contribution < 1.29 is 23.8 Å². The van der Waals surface area contributed by atoms with Crippen LogP contribution in [0.2, 0.25) is 0 Å². The number of carbonyl (C=O) groups is 2. The lowest BCUT2D eigenvalue weighted by molar-refractivity contribution is -0.131. The maximum Gasteiger partial charge on any atom is 0.331 e. The van der Waals surface area contributed by atoms with Crippen molar-refractivity contribution in [2.24, 2.45) is 0 Å². The standard InChI is InChI=1S/C14H16O2.C4H6O3/c15-12-8-4-7-11-9-13(16-14(11)12)10-5-2-1-3-6-10;1-7-3-2-4(5)6/h4,7,9-10H,1-3,5-6,8H2;2-3H,1H3,(H,5,6)/b;3-2+. The van der Waals surface area contributed by atoms with E-state index in [1.54, 1.807) is 0 Å². The molecule has 1 fully saturated rings. The van der Waals surface area contributed by atoms with Crippen LogP contribution in [-0.4, -0.2) is 24.0 Å². The summed E-state index contributed by atoms with van der Waals surface area (Å²) >= 11 is 0. The third-order valence-corrected chi connectivity index (χ3v) is 3.99. The summed E-state index contributed by atoms with van der Waals surface area (Å²) in [5.74, 6) is 1.29. The van der Waals surface area contributed by atoms with Gasteiger partial charge in [-0.2, -0.15) is 0 Å². The Balaban J connectivity index is 0.000000236. The number of ether oxygens (including phenoxy) is 1. The van der Waals surface area contributed by atoms with E-state index in [0.29, 0.717) is 18.1 Å². The van der Waals surface area contributed by atoms with Crippen LogP contribution in [0.25, 0.3) is 6.08 Å². The summed E-state index contributed by atoms with van der Waals surface area (Å²) in [7, 11) is 1.39. The molecule has 124 valence electrons. The van der Waals surface area contributed by atoms with E-state index in [1.807, 2.05) is 12.2 Å². The molecular formula is C18H22O5. The number of carboxylic acids is 1. The van der Waals surface area contributed by atoms with Gasteiger partial charge in [-0.1, -0.05) is 31.4 Å². The number of allylic oxidation sites excluding steroid dienone is 1. The Morgan fingerprint density at radius 3 is 2.65 bits per heavy atom. The fourth-order valence-electron chi connectivity index (χ4n) is 2.87. The number of rotatable bonds is 3. The molecule has 2 aliphatic carbocycles. The molecule has 0 atom stereocenters. The first-order valence-electron chi connectivity index (χ1n) is 7.87. The van der Waals surface area contributed by atoms with Crippen molar-refractivity contribution in [3.05, 3.63) is 41.6 Å². The Hall–Kier alpha value is -2.30. The normalized spacial score (nSPS) is 17.5. The number of furan rings is 1. The summed E-state index contributed by atoms with van der Waals surface area (Å²) in [6.45, 7) is 0. The van der Waals surface area contributed by atoms with Crippen LogP contribution in [0, 0.1) is 0 Å². The van der Waals surface area contributed by atoms with E-state index in [1.165, 1.54) is 39.2 Å². The predicted octanol–water partition coefficient (Wildman–Crippen LogP) is 4.16. The highest BCUT2D eigenvalue weighted by molar-refractivity contribution is 6.00. The first kappa shape index (κ1) is 17.1. The number of methoxy groups -OCH3 is 1. The smallest absolute Gasteiger partial charge is 0.331 e. The average Bonchev–Trinajstić information content (AvgIpc) is 3.00. The molecular weight excluding hydrogens is 296 g/mol. The lowest BCUT2D eigenvalue weighted by atomic mass is 9.87. The molecule has 0 saturated heterocycles. The van der Waals surface area contributed by atoms with E-state index >= 15 is 0 Å². The Kier molecular flexibility index (Phi) is 6.20. The highest BCUT2D eigenvalue weighted by Gasteiger charge is 2.24. The molecule has 5 nitrogen and oxygen atoms in total. The SMILES string of the molecule is CO/C=C/C(=O)O.O=C1CC=Cc2cc(C3CCCCC3)oc21. The Morgan fingerprint density at radius 1 is 1.35 bits per heavy atom. The molecule has 3 rings (SSSR count). The molecule has 0 amide bonds. The summed E-state index contributed by atoms with van der Waals surface area (Å²) in [5.41, 5.74) is 0.983. The fourth-order valence-corrected chi connectivity index (χ4v) is 2.87. The number of fused-ring (bicyclic) bond motifs is 1. The van der Waals surface area contributed by atoms with Gasteiger partial charge in [0.1, 0.15) is 5.76 Å². The first-order valence-corrected chi connectivity index (χ1v) is 7.87. The lowest BCUT2D eigenvalue weighted by Gasteiger charge is -2.18. The van der Waals surface area contributed by atoms with E-state index in [-0.39, 0.29) is 5.78 Å². The van der Waals surface area contributed by atoms with Gasteiger partial charge >= 0.3 is 5.97 Å². The molecule has 0 bridgehead atoms. The summed E-state index contributed by atoms with van der Waals surface area (Å²) in [4.78, 5) is 21.2. The fraction of sp³-hybridized carbons (Fsp3) is 0.444. The molecule has 1 heterocycles. The first-order chi connectivity index (χ1) is 11.1. The number of carboxylic acid groups (broad SMARTS) is 1. The van der Waals surface area contributed by atoms with Crippen molar-refractivity contribution in [3.8, 4) is 0 Å². The van der Waals surface area contributed by atoms with Crippen LogP contribution in [0.3, 0.4) is 0 Å². The minimum Gasteiger partial charge on any atom is -0.504 e. The van der Waals surface area contributed by atoms with Crippen LogP contribution >= 0.6 is 0 Å². The number of carbonyl (C=O) groups excluding carboxylic acids is 1. The highest BCUT2D eigenvalue weighted by atomic mass is 16.5.